The highest BCUT2D eigenvalue weighted by atomic mass is 32.2. The number of phenols is 5. The molecular formula is C104H91O7S6+5. The zero-order chi connectivity index (χ0) is 80.8. The van der Waals surface area contributed by atoms with Gasteiger partial charge in [-0.05, 0) is 303 Å². The lowest BCUT2D eigenvalue weighted by Gasteiger charge is -2.22. The first kappa shape index (κ1) is 83.1. The van der Waals surface area contributed by atoms with Crippen LogP contribution in [-0.2, 0) is 59.3 Å². The minimum Gasteiger partial charge on any atom is -0.508 e. The number of benzene rings is 16. The zero-order valence-electron chi connectivity index (χ0n) is 64.7. The number of hydrogen-bond donors (Lipinski definition) is 5. The van der Waals surface area contributed by atoms with Gasteiger partial charge in [0.15, 0.2) is 73.4 Å². The van der Waals surface area contributed by atoms with Crippen LogP contribution in [0.1, 0.15) is 50.5 Å². The maximum absolute atomic E-state index is 11.1. The van der Waals surface area contributed by atoms with Crippen molar-refractivity contribution in [2.75, 3.05) is 0 Å². The van der Waals surface area contributed by atoms with E-state index in [-0.39, 0.29) is 89.2 Å². The summed E-state index contributed by atoms with van der Waals surface area (Å²) in [5, 5.41) is 47.4. The molecule has 0 aromatic heterocycles. The average molecular weight is 1650 g/mol. The van der Waals surface area contributed by atoms with Crippen LogP contribution in [0.4, 0.5) is 0 Å². The summed E-state index contributed by atoms with van der Waals surface area (Å²) in [6.07, 6.45) is 6.93. The van der Waals surface area contributed by atoms with Crippen molar-refractivity contribution in [2.24, 2.45) is 0 Å². The van der Waals surface area contributed by atoms with Crippen LogP contribution in [0, 0.1) is 0 Å². The molecule has 0 amide bonds. The van der Waals surface area contributed by atoms with Gasteiger partial charge in [0.25, 0.3) is 0 Å². The van der Waals surface area contributed by atoms with Crippen LogP contribution >= 0.6 is 11.8 Å². The molecule has 117 heavy (non-hydrogen) atoms. The zero-order valence-corrected chi connectivity index (χ0v) is 69.6. The number of hydrogen-bond acceptors (Lipinski definition) is 8. The van der Waals surface area contributed by atoms with Gasteiger partial charge >= 0.3 is 5.97 Å². The second-order valence-corrected chi connectivity index (χ2v) is 38.3. The Balaban J connectivity index is 0.000000127. The maximum atomic E-state index is 11.1. The number of rotatable bonds is 19. The Morgan fingerprint density at radius 1 is 0.239 bits per heavy atom. The second-order valence-electron chi connectivity index (χ2n) is 27.0. The number of carbonyl (C=O) groups excluding carboxylic acids is 1. The third-order valence-corrected chi connectivity index (χ3v) is 30.9. The van der Waals surface area contributed by atoms with Gasteiger partial charge in [-0.3, -0.25) is 4.79 Å². The van der Waals surface area contributed by atoms with Crippen LogP contribution < -0.4 is 4.74 Å². The predicted molar refractivity (Wildman–Crippen MR) is 483 cm³/mol. The first-order valence-electron chi connectivity index (χ1n) is 38.7. The van der Waals surface area contributed by atoms with E-state index in [1.165, 1.54) is 103 Å². The molecule has 17 rings (SSSR count). The SMILES string of the molecule is CC(=O)Oc1ccc([S+](c2ccccc2)c2ccccc2)cc1.Oc1ccc([S+](c2ccc(O)cc2)c2ccc(O)cc2)cc1.Oc1ccc([S+](c2ccccc2)c2ccc(O)cc2)cc1.c1ccc(Sc2ccc([S+](c3ccccc3)c3ccccc3)cc2)cc1.c1ccc([S+](c2ccccc2)c2ccc(C3CCCCC3)cc2)cc1. The molecule has 0 unspecified atom stereocenters. The van der Waals surface area contributed by atoms with E-state index in [9.17, 15) is 30.3 Å². The number of aromatic hydroxyl groups is 5. The molecule has 0 atom stereocenters. The van der Waals surface area contributed by atoms with Gasteiger partial charge in [-0.15, -0.1) is 0 Å². The van der Waals surface area contributed by atoms with Gasteiger partial charge in [0.2, 0.25) is 0 Å². The van der Waals surface area contributed by atoms with Crippen molar-refractivity contribution < 1.29 is 35.1 Å². The molecule has 7 nitrogen and oxygen atoms in total. The number of phenolic OH excluding ortho intramolecular Hbond substituents is 5. The van der Waals surface area contributed by atoms with Crippen molar-refractivity contribution in [2.45, 2.75) is 128 Å². The third kappa shape index (κ3) is 24.1. The molecule has 1 saturated carbocycles. The lowest BCUT2D eigenvalue weighted by atomic mass is 9.84. The van der Waals surface area contributed by atoms with Crippen molar-refractivity contribution in [3.8, 4) is 34.5 Å². The van der Waals surface area contributed by atoms with E-state index in [0.29, 0.717) is 5.75 Å². The molecule has 13 heteroatoms. The van der Waals surface area contributed by atoms with Crippen molar-refractivity contribution >= 4 is 72.2 Å². The Kier molecular flexibility index (Phi) is 30.6. The minimum absolute atomic E-state index is 0.0278. The summed E-state index contributed by atoms with van der Waals surface area (Å²) in [5.41, 5.74) is 1.54. The Bertz CT molecular complexity index is 5310. The van der Waals surface area contributed by atoms with E-state index in [0.717, 1.165) is 30.4 Å². The first-order valence-corrected chi connectivity index (χ1v) is 45.6. The summed E-state index contributed by atoms with van der Waals surface area (Å²) >= 11 is 1.80. The third-order valence-electron chi connectivity index (χ3n) is 18.8. The molecular weight excluding hydrogens is 1550 g/mol. The highest BCUT2D eigenvalue weighted by Gasteiger charge is 2.34. The van der Waals surface area contributed by atoms with E-state index in [2.05, 4.69) is 261 Å². The molecule has 0 heterocycles. The van der Waals surface area contributed by atoms with E-state index in [1.807, 2.05) is 115 Å². The van der Waals surface area contributed by atoms with Gasteiger partial charge in [-0.25, -0.2) is 0 Å². The lowest BCUT2D eigenvalue weighted by Crippen LogP contribution is -2.07. The molecule has 0 bridgehead atoms. The van der Waals surface area contributed by atoms with Crippen LogP contribution in [0.15, 0.2) is 520 Å². The smallest absolute Gasteiger partial charge is 0.308 e. The van der Waals surface area contributed by atoms with Crippen LogP contribution in [-0.4, -0.2) is 31.5 Å². The largest absolute Gasteiger partial charge is 0.508 e. The van der Waals surface area contributed by atoms with Crippen molar-refractivity contribution in [1.29, 1.82) is 0 Å². The number of carbonyl (C=O) groups is 1. The maximum Gasteiger partial charge on any atom is 0.308 e. The molecule has 0 aliphatic heterocycles. The summed E-state index contributed by atoms with van der Waals surface area (Å²) in [5.74, 6) is 2.25. The van der Waals surface area contributed by atoms with Crippen LogP contribution in [0.25, 0.3) is 0 Å². The Morgan fingerprint density at radius 3 is 0.658 bits per heavy atom. The fourth-order valence-electron chi connectivity index (χ4n) is 13.2. The van der Waals surface area contributed by atoms with E-state index < -0.39 is 0 Å². The topological polar surface area (TPSA) is 127 Å². The molecule has 1 aliphatic carbocycles. The van der Waals surface area contributed by atoms with E-state index in [1.54, 1.807) is 72.4 Å². The molecule has 5 N–H and O–H groups in total. The molecule has 0 saturated heterocycles. The molecule has 16 aromatic rings. The predicted octanol–water partition coefficient (Wildman–Crippen LogP) is 26.6. The molecule has 16 aromatic carbocycles. The summed E-state index contributed by atoms with van der Waals surface area (Å²) in [6.45, 7) is 1.41. The Hall–Kier alpha value is -11.9. The molecule has 0 radical (unpaired) electrons. The first-order chi connectivity index (χ1) is 57.4. The van der Waals surface area contributed by atoms with Gasteiger partial charge in [-0.2, -0.15) is 0 Å². The fraction of sp³-hybridized carbons (Fsp3) is 0.0673. The van der Waals surface area contributed by atoms with Gasteiger partial charge in [0, 0.05) is 16.7 Å². The highest BCUT2D eigenvalue weighted by molar-refractivity contribution is 7.99. The summed E-state index contributed by atoms with van der Waals surface area (Å²) in [6, 6.07) is 147. The van der Waals surface area contributed by atoms with Gasteiger partial charge in [-0.1, -0.05) is 189 Å². The standard InChI is InChI=1S/C24H19S2.C24H25S.C20H17O2S.C18H14O3S.C18H14O2S/c1-4-10-20(11-5-1)25-21-16-18-24(19-17-21)26(22-12-6-2-7-13-22)23-14-8-3-9-15-23;1-4-10-20(11-5-1)21-16-18-24(19-17-21)25(22-12-6-2-7-13-22)23-14-8-3-9-15-23;1-16(21)22-17-12-14-20(15-13-17)23(18-8-4-2-5-9-18)19-10-6-3-7-11-19;19-13-1-7-16(8-2-13)22(17-9-3-14(20)4-10-17)18-11-5-15(21)6-12-18;19-14-6-10-17(11-7-14)21(16-4-2-1-3-5-16)18-12-8-15(20)9-13-18/h1-19H;2-3,6-9,12-20H,1,4-5,10-11H2;2-15H,1H3;1-12H,(H2-,19,20,21);1-13H,(H-,19,20)/q3*+1;;/p+2. The highest BCUT2D eigenvalue weighted by Crippen LogP contribution is 2.40. The van der Waals surface area contributed by atoms with Crippen LogP contribution in [0.5, 0.6) is 34.5 Å². The molecule has 0 spiro atoms. The quantitative estimate of drug-likeness (QED) is 0.0308. The average Bonchev–Trinajstić information content (AvgIpc) is 0.837. The minimum atomic E-state index is -0.373. The Labute approximate surface area is 706 Å². The van der Waals surface area contributed by atoms with Gasteiger partial charge in [0.05, 0.1) is 54.5 Å². The van der Waals surface area contributed by atoms with Gasteiger partial charge in [0.1, 0.15) is 34.5 Å². The Morgan fingerprint density at radius 2 is 0.427 bits per heavy atom. The second kappa shape index (κ2) is 43.2. The summed E-state index contributed by atoms with van der Waals surface area (Å²) < 4.78 is 5.12. The monoisotopic (exact) mass is 1640 g/mol. The van der Waals surface area contributed by atoms with E-state index in [4.69, 9.17) is 4.74 Å². The molecule has 1 fully saturated rings. The number of ether oxygens (including phenoxy) is 1. The lowest BCUT2D eigenvalue weighted by molar-refractivity contribution is -0.131. The van der Waals surface area contributed by atoms with Crippen molar-refractivity contribution in [3.63, 3.8) is 0 Å². The molecule has 1 aliphatic rings. The van der Waals surface area contributed by atoms with Crippen LogP contribution in [0.3, 0.4) is 0 Å². The summed E-state index contributed by atoms with van der Waals surface area (Å²) in [4.78, 5) is 32.2. The molecule has 580 valence electrons. The van der Waals surface area contributed by atoms with Gasteiger partial charge < -0.3 is 30.3 Å². The van der Waals surface area contributed by atoms with Crippen LogP contribution in [0.2, 0.25) is 0 Å². The normalized spacial score (nSPS) is 11.7. The van der Waals surface area contributed by atoms with Crippen molar-refractivity contribution in [3.05, 3.63) is 442 Å². The summed E-state index contributed by atoms with van der Waals surface area (Å²) in [7, 11) is -0.909. The number of esters is 1. The van der Waals surface area contributed by atoms with Crippen molar-refractivity contribution in [1.82, 2.24) is 0 Å². The van der Waals surface area contributed by atoms with E-state index >= 15 is 0 Å². The fourth-order valence-corrected chi connectivity index (χ4v) is 24.4.